The zero-order valence-corrected chi connectivity index (χ0v) is 36.9. The van der Waals surface area contributed by atoms with Crippen LogP contribution in [-0.2, 0) is 30.4 Å². The van der Waals surface area contributed by atoms with E-state index in [1.165, 1.54) is 21.3 Å². The third kappa shape index (κ3) is 8.10. The minimum absolute atomic E-state index is 0.0489. The van der Waals surface area contributed by atoms with Gasteiger partial charge >= 0.3 is 12.2 Å². The first-order chi connectivity index (χ1) is 31.5. The summed E-state index contributed by atoms with van der Waals surface area (Å²) in [5.41, 5.74) is 6.91. The van der Waals surface area contributed by atoms with Crippen molar-refractivity contribution in [2.45, 2.75) is 63.1 Å². The van der Waals surface area contributed by atoms with Crippen LogP contribution in [0.4, 0.5) is 9.59 Å². The molecule has 338 valence electrons. The molecule has 5 heterocycles. The number of carbonyl (C=O) groups excluding carboxylic acids is 3. The average Bonchev–Trinajstić information content (AvgIpc) is 4.16. The van der Waals surface area contributed by atoms with Crippen LogP contribution in [0.5, 0.6) is 5.75 Å². The summed E-state index contributed by atoms with van der Waals surface area (Å²) in [6.07, 6.45) is 1.33. The van der Waals surface area contributed by atoms with Crippen molar-refractivity contribution in [2.75, 3.05) is 48.1 Å². The number of alkyl carbamates (subject to hydrolysis) is 1. The maximum Gasteiger partial charge on any atom is 0.407 e. The molecule has 2 fully saturated rings. The van der Waals surface area contributed by atoms with Crippen molar-refractivity contribution in [3.8, 4) is 28.1 Å². The lowest BCUT2D eigenvalue weighted by Gasteiger charge is -2.32. The minimum atomic E-state index is -1.18. The second kappa shape index (κ2) is 17.9. The molecule has 17 heteroatoms. The number of benzene rings is 4. The van der Waals surface area contributed by atoms with Crippen LogP contribution in [0.25, 0.3) is 44.2 Å². The van der Waals surface area contributed by atoms with Gasteiger partial charge in [-0.15, -0.1) is 0 Å². The Morgan fingerprint density at radius 3 is 2.52 bits per heavy atom. The number of nitrogens with one attached hydrogen (secondary N) is 3. The molecule has 3 aliphatic rings. The predicted octanol–water partition coefficient (Wildman–Crippen LogP) is 6.98. The molecule has 9 rings (SSSR count). The molecule has 6 atom stereocenters. The quantitative estimate of drug-likeness (QED) is 0.0988. The number of carbonyl (C=O) groups is 4. The molecule has 2 saturated heterocycles. The van der Waals surface area contributed by atoms with Gasteiger partial charge in [0.05, 0.1) is 54.8 Å². The van der Waals surface area contributed by atoms with Crippen molar-refractivity contribution in [1.29, 1.82) is 0 Å². The Balaban J connectivity index is 0.972. The Morgan fingerprint density at radius 1 is 0.954 bits per heavy atom. The van der Waals surface area contributed by atoms with Crippen LogP contribution < -0.4 is 10.1 Å². The van der Waals surface area contributed by atoms with Gasteiger partial charge in [-0.25, -0.2) is 19.6 Å². The summed E-state index contributed by atoms with van der Waals surface area (Å²) < 4.78 is 22.3. The molecule has 4 aromatic carbocycles. The number of H-pyrrole nitrogens is 2. The summed E-state index contributed by atoms with van der Waals surface area (Å²) in [4.78, 5) is 74.0. The number of rotatable bonds is 12. The molecule has 4 N–H and O–H groups in total. The first-order valence-electron chi connectivity index (χ1n) is 21.7. The Bertz CT molecular complexity index is 2770. The van der Waals surface area contributed by atoms with Gasteiger partial charge in [-0.1, -0.05) is 48.5 Å². The molecule has 0 radical (unpaired) electrons. The maximum absolute atomic E-state index is 14.2. The highest BCUT2D eigenvalue weighted by atomic mass is 16.5. The second-order valence-corrected chi connectivity index (χ2v) is 17.0. The zero-order valence-electron chi connectivity index (χ0n) is 36.9. The molecule has 0 saturated carbocycles. The van der Waals surface area contributed by atoms with Crippen molar-refractivity contribution in [3.05, 3.63) is 102 Å². The molecule has 4 amide bonds. The maximum atomic E-state index is 14.2. The van der Waals surface area contributed by atoms with E-state index in [1.807, 2.05) is 24.3 Å². The lowest BCUT2D eigenvalue weighted by molar-refractivity contribution is -0.138. The number of nitrogens with zero attached hydrogens (tertiary/aromatic N) is 5. The molecular weight excluding hydrogens is 833 g/mol. The van der Waals surface area contributed by atoms with E-state index < -0.39 is 36.4 Å². The van der Waals surface area contributed by atoms with Gasteiger partial charge in [0.15, 0.2) is 0 Å². The molecule has 3 aliphatic heterocycles. The van der Waals surface area contributed by atoms with Gasteiger partial charge in [0.1, 0.15) is 36.1 Å². The summed E-state index contributed by atoms with van der Waals surface area (Å²) in [6.45, 7) is 3.44. The fraction of sp³-hybridized carbons (Fsp3) is 0.375. The van der Waals surface area contributed by atoms with Gasteiger partial charge < -0.3 is 49.1 Å². The molecule has 0 bridgehead atoms. The topological polar surface area (TPSA) is 205 Å². The Hall–Kier alpha value is -6.98. The lowest BCUT2D eigenvalue weighted by atomic mass is 9.92. The van der Waals surface area contributed by atoms with Gasteiger partial charge in [-0.3, -0.25) is 14.5 Å². The number of likely N-dealkylation sites (tertiary alicyclic amines) is 2. The highest BCUT2D eigenvalue weighted by Crippen LogP contribution is 2.44. The summed E-state index contributed by atoms with van der Waals surface area (Å²) >= 11 is 0. The van der Waals surface area contributed by atoms with Crippen LogP contribution >= 0.6 is 0 Å². The van der Waals surface area contributed by atoms with E-state index in [0.717, 1.165) is 66.8 Å². The molecule has 65 heavy (non-hydrogen) atoms. The van der Waals surface area contributed by atoms with Gasteiger partial charge in [-0.2, -0.15) is 0 Å². The minimum Gasteiger partial charge on any atom is -0.488 e. The van der Waals surface area contributed by atoms with Crippen LogP contribution in [0.15, 0.2) is 79.0 Å². The van der Waals surface area contributed by atoms with Crippen LogP contribution in [0.2, 0.25) is 0 Å². The molecule has 0 aliphatic carbocycles. The molecular formula is C48H52N8O9. The Labute approximate surface area is 375 Å². The van der Waals surface area contributed by atoms with Crippen LogP contribution in [-0.4, -0.2) is 124 Å². The summed E-state index contributed by atoms with van der Waals surface area (Å²) in [5, 5.41) is 14.4. The number of hydrogen-bond donors (Lipinski definition) is 4. The van der Waals surface area contributed by atoms with Gasteiger partial charge in [-0.05, 0) is 78.1 Å². The first kappa shape index (κ1) is 43.3. The van der Waals surface area contributed by atoms with E-state index in [0.29, 0.717) is 56.4 Å². The standard InChI is InChI=1S/C48H52N8O9/c1-26(63-4)40(53-47(59)64-5)45(57)56-23-27(24-62-3)18-38(56)44-50-35-16-14-29-20-34-32-15-13-30(19-31(32)25-65-39(34)21-33(29)41(35)52-44)36-22-49-43(51-36)37-12-9-17-55(37)46(58)42(54(2)48(60)61)28-10-7-6-8-11-28/h6-8,10-11,13-16,19-22,26-27,37-38,40,42H,9,12,17-18,23-25H2,1-5H3,(H,49,51)(H,50,52)(H,53,59)(H,60,61)/t26?,27-,37-,38-,40-,42+/m0/s1. The normalized spacial score (nSPS) is 19.3. The molecule has 0 spiro atoms. The van der Waals surface area contributed by atoms with Gasteiger partial charge in [0.2, 0.25) is 5.91 Å². The zero-order chi connectivity index (χ0) is 45.5. The van der Waals surface area contributed by atoms with E-state index in [4.69, 9.17) is 28.9 Å². The number of ether oxygens (including phenoxy) is 4. The predicted molar refractivity (Wildman–Crippen MR) is 240 cm³/mol. The smallest absolute Gasteiger partial charge is 0.407 e. The number of methoxy groups -OCH3 is 3. The summed E-state index contributed by atoms with van der Waals surface area (Å²) in [7, 11) is 5.81. The fourth-order valence-electron chi connectivity index (χ4n) is 9.70. The van der Waals surface area contributed by atoms with Crippen molar-refractivity contribution in [1.82, 2.24) is 40.0 Å². The van der Waals surface area contributed by atoms with Gasteiger partial charge in [0.25, 0.3) is 5.91 Å². The van der Waals surface area contributed by atoms with Crippen molar-refractivity contribution >= 4 is 45.8 Å². The van der Waals surface area contributed by atoms with Gasteiger partial charge in [0, 0.05) is 51.2 Å². The summed E-state index contributed by atoms with van der Waals surface area (Å²) in [5.74, 6) is 1.48. The van der Waals surface area contributed by atoms with E-state index in [-0.39, 0.29) is 23.8 Å². The average molecular weight is 885 g/mol. The van der Waals surface area contributed by atoms with Crippen molar-refractivity contribution in [2.24, 2.45) is 5.92 Å². The monoisotopic (exact) mass is 884 g/mol. The van der Waals surface area contributed by atoms with Crippen molar-refractivity contribution in [3.63, 3.8) is 0 Å². The summed E-state index contributed by atoms with van der Waals surface area (Å²) in [6, 6.07) is 20.7. The molecule has 6 aromatic rings. The number of fused-ring (bicyclic) bond motifs is 6. The molecule has 17 nitrogen and oxygen atoms in total. The highest BCUT2D eigenvalue weighted by molar-refractivity contribution is 6.07. The van der Waals surface area contributed by atoms with E-state index in [2.05, 4.69) is 39.6 Å². The fourth-order valence-corrected chi connectivity index (χ4v) is 9.70. The number of aromatic amines is 2. The third-order valence-corrected chi connectivity index (χ3v) is 13.1. The molecule has 1 unspecified atom stereocenters. The Kier molecular flexibility index (Phi) is 11.9. The third-order valence-electron chi connectivity index (χ3n) is 13.1. The lowest BCUT2D eigenvalue weighted by Crippen LogP contribution is -2.54. The van der Waals surface area contributed by atoms with E-state index in [9.17, 15) is 24.3 Å². The second-order valence-electron chi connectivity index (χ2n) is 17.0. The number of imidazole rings is 2. The highest BCUT2D eigenvalue weighted by Gasteiger charge is 2.43. The van der Waals surface area contributed by atoms with Crippen LogP contribution in [0, 0.1) is 5.92 Å². The number of likely N-dealkylation sites (N-methyl/N-ethyl adjacent to an activating group) is 1. The first-order valence-corrected chi connectivity index (χ1v) is 21.7. The number of aromatic nitrogens is 4. The van der Waals surface area contributed by atoms with Crippen LogP contribution in [0.1, 0.15) is 67.1 Å². The largest absolute Gasteiger partial charge is 0.488 e. The number of amides is 4. The number of hydrogen-bond acceptors (Lipinski definition) is 10. The Morgan fingerprint density at radius 2 is 1.77 bits per heavy atom. The van der Waals surface area contributed by atoms with E-state index in [1.54, 1.807) is 54.3 Å². The SMILES string of the molecule is COC[C@H]1C[C@@H](c2nc3c(ccc4cc5c(cc43)OCc3cc(-c4cnc([C@@H]6CCCN6C(=O)[C@@H](c6ccccc6)N(C)C(=O)O)[nH]4)ccc3-5)[nH]2)N(C(=O)[C@@H](NC(=O)OC)C(C)OC)C1. The van der Waals surface area contributed by atoms with Crippen molar-refractivity contribution < 1.29 is 43.2 Å². The van der Waals surface area contributed by atoms with Crippen LogP contribution in [0.3, 0.4) is 0 Å². The molecule has 2 aromatic heterocycles. The van der Waals surface area contributed by atoms with E-state index >= 15 is 0 Å². The number of carboxylic acid groups (broad SMARTS) is 1.